The van der Waals surface area contributed by atoms with Crippen LogP contribution in [0.25, 0.3) is 11.0 Å². The number of ether oxygens (including phenoxy) is 1. The van der Waals surface area contributed by atoms with Crippen molar-refractivity contribution in [3.8, 4) is 5.75 Å². The molecule has 0 amide bonds. The lowest BCUT2D eigenvalue weighted by molar-refractivity contribution is 0.302. The second-order valence-corrected chi connectivity index (χ2v) is 9.33. The van der Waals surface area contributed by atoms with Crippen molar-refractivity contribution in [3.05, 3.63) is 80.5 Å². The first-order chi connectivity index (χ1) is 15.8. The largest absolute Gasteiger partial charge is 0.487 e. The third-order valence-corrected chi connectivity index (χ3v) is 6.57. The summed E-state index contributed by atoms with van der Waals surface area (Å²) in [4.78, 5) is 16.4. The molecular formula is C21H19FN4O5S2. The Labute approximate surface area is 192 Å². The lowest BCUT2D eigenvalue weighted by atomic mass is 10.00. The molecule has 12 heteroatoms. The zero-order valence-corrected chi connectivity index (χ0v) is 19.2. The van der Waals surface area contributed by atoms with E-state index in [9.17, 15) is 17.6 Å². The quantitative estimate of drug-likeness (QED) is 0.364. The van der Waals surface area contributed by atoms with Crippen molar-refractivity contribution in [1.29, 1.82) is 0 Å². The Hall–Kier alpha value is -3.35. The molecule has 0 radical (unpaired) electrons. The minimum Gasteiger partial charge on any atom is -0.487 e. The lowest BCUT2D eigenvalue weighted by Crippen LogP contribution is -2.27. The summed E-state index contributed by atoms with van der Waals surface area (Å²) in [6.45, 7) is 2.03. The smallest absolute Gasteiger partial charge is 0.340 e. The molecule has 0 unspecified atom stereocenters. The van der Waals surface area contributed by atoms with Crippen LogP contribution in [-0.2, 0) is 23.2 Å². The molecular weight excluding hydrogens is 471 g/mol. The summed E-state index contributed by atoms with van der Waals surface area (Å²) in [5, 5.41) is 2.53. The Bertz CT molecular complexity index is 1470. The van der Waals surface area contributed by atoms with Crippen LogP contribution in [-0.4, -0.2) is 24.8 Å². The number of pyridine rings is 1. The van der Waals surface area contributed by atoms with Gasteiger partial charge < -0.3 is 9.15 Å². The predicted molar refractivity (Wildman–Crippen MR) is 122 cm³/mol. The summed E-state index contributed by atoms with van der Waals surface area (Å²) in [5.41, 5.74) is 1.49. The first kappa shape index (κ1) is 22.8. The maximum absolute atomic E-state index is 14.9. The van der Waals surface area contributed by atoms with Crippen molar-refractivity contribution >= 4 is 38.5 Å². The van der Waals surface area contributed by atoms with Gasteiger partial charge in [0, 0.05) is 42.1 Å². The molecule has 172 valence electrons. The Kier molecular flexibility index (Phi) is 6.40. The van der Waals surface area contributed by atoms with E-state index in [4.69, 9.17) is 9.15 Å². The molecule has 1 aromatic carbocycles. The van der Waals surface area contributed by atoms with Crippen molar-refractivity contribution in [2.75, 3.05) is 11.8 Å². The van der Waals surface area contributed by atoms with E-state index in [0.717, 1.165) is 5.69 Å². The second kappa shape index (κ2) is 9.25. The Balaban J connectivity index is 1.64. The highest BCUT2D eigenvalue weighted by atomic mass is 32.2. The number of nitrogens with one attached hydrogen (secondary N) is 2. The van der Waals surface area contributed by atoms with Gasteiger partial charge >= 0.3 is 5.63 Å². The van der Waals surface area contributed by atoms with Crippen LogP contribution in [0.5, 0.6) is 5.75 Å². The van der Waals surface area contributed by atoms with Crippen LogP contribution in [0.2, 0.25) is 0 Å². The molecule has 0 spiro atoms. The van der Waals surface area contributed by atoms with E-state index in [1.54, 1.807) is 25.1 Å². The Morgan fingerprint density at radius 1 is 1.24 bits per heavy atom. The van der Waals surface area contributed by atoms with Crippen molar-refractivity contribution in [2.45, 2.75) is 20.0 Å². The van der Waals surface area contributed by atoms with E-state index in [0.29, 0.717) is 22.3 Å². The standard InChI is InChI=1S/C21H19FN4O5S2/c1-12-16-4-3-15(30-11-14-6-8-32-25-14)10-18(16)31-21(27)17(12)9-13-5-7-24-20(19(13)22)26-33(28,29)23-2/h3-8,10,23H,9,11H2,1-2H3,(H,24,26). The van der Waals surface area contributed by atoms with Gasteiger partial charge in [0.05, 0.1) is 5.69 Å². The van der Waals surface area contributed by atoms with E-state index >= 15 is 0 Å². The fraction of sp³-hybridized carbons (Fsp3) is 0.190. The van der Waals surface area contributed by atoms with Gasteiger partial charge in [-0.1, -0.05) is 0 Å². The summed E-state index contributed by atoms with van der Waals surface area (Å²) in [6, 6.07) is 8.38. The second-order valence-electron chi connectivity index (χ2n) is 7.05. The molecule has 0 fully saturated rings. The fourth-order valence-electron chi connectivity index (χ4n) is 3.20. The number of benzene rings is 1. The Morgan fingerprint density at radius 2 is 2.06 bits per heavy atom. The molecule has 3 heterocycles. The third kappa shape index (κ3) is 5.02. The molecule has 0 aliphatic heterocycles. The summed E-state index contributed by atoms with van der Waals surface area (Å²) in [7, 11) is -2.77. The molecule has 9 nitrogen and oxygen atoms in total. The number of halogens is 1. The highest BCUT2D eigenvalue weighted by molar-refractivity contribution is 7.90. The topological polar surface area (TPSA) is 123 Å². The van der Waals surface area contributed by atoms with Gasteiger partial charge in [-0.05, 0) is 53.8 Å². The number of rotatable bonds is 8. The number of nitrogens with zero attached hydrogens (tertiary/aromatic N) is 2. The van der Waals surface area contributed by atoms with Crippen LogP contribution < -0.4 is 19.8 Å². The normalized spacial score (nSPS) is 11.6. The molecule has 0 atom stereocenters. The SMILES string of the molecule is CNS(=O)(=O)Nc1nccc(Cc2c(C)c3ccc(OCc4ccsn4)cc3oc2=O)c1F. The monoisotopic (exact) mass is 490 g/mol. The molecule has 0 aliphatic carbocycles. The molecule has 33 heavy (non-hydrogen) atoms. The van der Waals surface area contributed by atoms with Crippen molar-refractivity contribution in [1.82, 2.24) is 14.1 Å². The molecule has 0 bridgehead atoms. The van der Waals surface area contributed by atoms with Gasteiger partial charge in [0.15, 0.2) is 11.6 Å². The van der Waals surface area contributed by atoms with Gasteiger partial charge in [0.1, 0.15) is 17.9 Å². The predicted octanol–water partition coefficient (Wildman–Crippen LogP) is 3.14. The van der Waals surface area contributed by atoms with E-state index in [1.165, 1.54) is 30.8 Å². The molecule has 4 rings (SSSR count). The maximum Gasteiger partial charge on any atom is 0.340 e. The van der Waals surface area contributed by atoms with Crippen LogP contribution in [0.4, 0.5) is 10.2 Å². The molecule has 0 aliphatic rings. The summed E-state index contributed by atoms with van der Waals surface area (Å²) >= 11 is 1.33. The Morgan fingerprint density at radius 3 is 2.79 bits per heavy atom. The molecule has 2 N–H and O–H groups in total. The molecule has 4 aromatic rings. The lowest BCUT2D eigenvalue weighted by Gasteiger charge is -2.12. The average molecular weight is 491 g/mol. The highest BCUT2D eigenvalue weighted by Crippen LogP contribution is 2.27. The van der Waals surface area contributed by atoms with Crippen LogP contribution in [0, 0.1) is 12.7 Å². The average Bonchev–Trinajstić information content (AvgIpc) is 3.31. The van der Waals surface area contributed by atoms with Gasteiger partial charge in [-0.25, -0.2) is 18.9 Å². The maximum atomic E-state index is 14.9. The zero-order chi connectivity index (χ0) is 23.6. The van der Waals surface area contributed by atoms with Gasteiger partial charge in [0.2, 0.25) is 0 Å². The van der Waals surface area contributed by atoms with Gasteiger partial charge in [-0.3, -0.25) is 4.72 Å². The van der Waals surface area contributed by atoms with Crippen molar-refractivity contribution in [2.24, 2.45) is 0 Å². The third-order valence-electron chi connectivity index (χ3n) is 4.97. The van der Waals surface area contributed by atoms with E-state index in [2.05, 4.69) is 9.36 Å². The highest BCUT2D eigenvalue weighted by Gasteiger charge is 2.19. The van der Waals surface area contributed by atoms with Crippen molar-refractivity contribution < 1.29 is 22.0 Å². The molecule has 0 saturated heterocycles. The van der Waals surface area contributed by atoms with Crippen LogP contribution in [0.1, 0.15) is 22.4 Å². The zero-order valence-electron chi connectivity index (χ0n) is 17.6. The summed E-state index contributed by atoms with van der Waals surface area (Å²) < 4.78 is 57.6. The van der Waals surface area contributed by atoms with E-state index < -0.39 is 27.5 Å². The van der Waals surface area contributed by atoms with E-state index in [-0.39, 0.29) is 24.2 Å². The number of fused-ring (bicyclic) bond motifs is 1. The molecule has 3 aromatic heterocycles. The molecule has 0 saturated carbocycles. The number of aromatic nitrogens is 2. The van der Waals surface area contributed by atoms with E-state index in [1.807, 2.05) is 20.9 Å². The number of aryl methyl sites for hydroxylation is 1. The van der Waals surface area contributed by atoms with Crippen LogP contribution >= 0.6 is 11.5 Å². The fourth-order valence-corrected chi connectivity index (χ4v) is 4.22. The summed E-state index contributed by atoms with van der Waals surface area (Å²) in [6.07, 6.45) is 1.16. The minimum absolute atomic E-state index is 0.0942. The number of hydrogen-bond donors (Lipinski definition) is 2. The number of anilines is 1. The summed E-state index contributed by atoms with van der Waals surface area (Å²) in [5.74, 6) is -0.819. The van der Waals surface area contributed by atoms with Gasteiger partial charge in [0.25, 0.3) is 10.2 Å². The van der Waals surface area contributed by atoms with Gasteiger partial charge in [-0.2, -0.15) is 12.8 Å². The first-order valence-corrected chi connectivity index (χ1v) is 12.0. The van der Waals surface area contributed by atoms with Crippen LogP contribution in [0.3, 0.4) is 0 Å². The number of hydrogen-bond acceptors (Lipinski definition) is 8. The first-order valence-electron chi connectivity index (χ1n) is 9.70. The van der Waals surface area contributed by atoms with Crippen molar-refractivity contribution in [3.63, 3.8) is 0 Å². The minimum atomic E-state index is -3.95. The van der Waals surface area contributed by atoms with Crippen LogP contribution in [0.15, 0.2) is 51.1 Å². The van der Waals surface area contributed by atoms with Gasteiger partial charge in [-0.15, -0.1) is 0 Å².